The van der Waals surface area contributed by atoms with Gasteiger partial charge in [-0.1, -0.05) is 12.1 Å². The Morgan fingerprint density at radius 2 is 1.65 bits per heavy atom. The molecule has 0 bridgehead atoms. The molecule has 2 heteroatoms. The Kier molecular flexibility index (Phi) is 3.06. The Morgan fingerprint density at radius 3 is 2.18 bits per heavy atom. The Morgan fingerprint density at radius 1 is 1.06 bits per heavy atom. The lowest BCUT2D eigenvalue weighted by molar-refractivity contribution is 0.378. The van der Waals surface area contributed by atoms with Gasteiger partial charge in [0.15, 0.2) is 0 Å². The van der Waals surface area contributed by atoms with Crippen molar-refractivity contribution in [2.75, 3.05) is 12.3 Å². The highest BCUT2D eigenvalue weighted by Crippen LogP contribution is 2.48. The van der Waals surface area contributed by atoms with Crippen molar-refractivity contribution in [3.8, 4) is 0 Å². The fraction of sp³-hybridized carbons (Fsp3) is 0.600. The van der Waals surface area contributed by atoms with Crippen LogP contribution in [0.4, 0.5) is 5.69 Å². The molecule has 2 saturated carbocycles. The van der Waals surface area contributed by atoms with Crippen molar-refractivity contribution < 1.29 is 0 Å². The largest absolute Gasteiger partial charge is 0.399 e. The minimum atomic E-state index is 0.850. The van der Waals surface area contributed by atoms with Crippen LogP contribution in [-0.4, -0.2) is 6.54 Å². The fourth-order valence-corrected chi connectivity index (χ4v) is 2.79. The van der Waals surface area contributed by atoms with E-state index in [0.717, 1.165) is 30.0 Å². The lowest BCUT2D eigenvalue weighted by Gasteiger charge is -2.16. The summed E-state index contributed by atoms with van der Waals surface area (Å²) in [6.45, 7) is 2.19. The summed E-state index contributed by atoms with van der Waals surface area (Å²) >= 11 is 0. The van der Waals surface area contributed by atoms with Gasteiger partial charge < -0.3 is 11.1 Å². The Hall–Kier alpha value is -1.02. The number of benzene rings is 1. The van der Waals surface area contributed by atoms with Crippen molar-refractivity contribution in [2.45, 2.75) is 32.2 Å². The molecular formula is C15H22N2. The first-order chi connectivity index (χ1) is 8.33. The molecular weight excluding hydrogens is 208 g/mol. The molecule has 17 heavy (non-hydrogen) atoms. The van der Waals surface area contributed by atoms with Crippen LogP contribution in [0.2, 0.25) is 0 Å². The van der Waals surface area contributed by atoms with E-state index < -0.39 is 0 Å². The summed E-state index contributed by atoms with van der Waals surface area (Å²) in [5.41, 5.74) is 7.87. The van der Waals surface area contributed by atoms with Crippen LogP contribution in [0.25, 0.3) is 0 Å². The van der Waals surface area contributed by atoms with Gasteiger partial charge in [-0.2, -0.15) is 0 Å². The van der Waals surface area contributed by atoms with E-state index in [1.54, 1.807) is 0 Å². The fourth-order valence-electron chi connectivity index (χ4n) is 2.79. The van der Waals surface area contributed by atoms with Crippen molar-refractivity contribution >= 4 is 5.69 Å². The van der Waals surface area contributed by atoms with E-state index >= 15 is 0 Å². The summed E-state index contributed by atoms with van der Waals surface area (Å²) in [6.07, 6.45) is 5.91. The van der Waals surface area contributed by atoms with Crippen molar-refractivity contribution in [2.24, 2.45) is 17.8 Å². The highest BCUT2D eigenvalue weighted by molar-refractivity contribution is 5.39. The van der Waals surface area contributed by atoms with E-state index in [1.807, 2.05) is 12.1 Å². The lowest BCUT2D eigenvalue weighted by atomic mass is 9.98. The van der Waals surface area contributed by atoms with Gasteiger partial charge in [0.25, 0.3) is 0 Å². The molecule has 2 aliphatic carbocycles. The first-order valence-electron chi connectivity index (χ1n) is 6.88. The van der Waals surface area contributed by atoms with Crippen LogP contribution in [-0.2, 0) is 6.54 Å². The van der Waals surface area contributed by atoms with Gasteiger partial charge >= 0.3 is 0 Å². The van der Waals surface area contributed by atoms with Crippen LogP contribution < -0.4 is 11.1 Å². The van der Waals surface area contributed by atoms with E-state index in [9.17, 15) is 0 Å². The molecule has 0 amide bonds. The maximum absolute atomic E-state index is 5.68. The third-order valence-electron chi connectivity index (χ3n) is 4.14. The average molecular weight is 230 g/mol. The molecule has 0 aliphatic heterocycles. The summed E-state index contributed by atoms with van der Waals surface area (Å²) < 4.78 is 0. The van der Waals surface area contributed by atoms with Gasteiger partial charge in [-0.15, -0.1) is 0 Å². The van der Waals surface area contributed by atoms with Gasteiger partial charge in [-0.05, 0) is 67.7 Å². The topological polar surface area (TPSA) is 38.0 Å². The van der Waals surface area contributed by atoms with Crippen LogP contribution in [0.15, 0.2) is 24.3 Å². The lowest BCUT2D eigenvalue weighted by Crippen LogP contribution is -2.25. The number of nitrogens with one attached hydrogen (secondary N) is 1. The third-order valence-corrected chi connectivity index (χ3v) is 4.14. The molecule has 0 radical (unpaired) electrons. The molecule has 3 N–H and O–H groups in total. The molecule has 0 unspecified atom stereocenters. The van der Waals surface area contributed by atoms with E-state index in [-0.39, 0.29) is 0 Å². The second-order valence-corrected chi connectivity index (χ2v) is 5.71. The van der Waals surface area contributed by atoms with Gasteiger partial charge in [-0.3, -0.25) is 0 Å². The number of nitrogen functional groups attached to an aromatic ring is 1. The van der Waals surface area contributed by atoms with Gasteiger partial charge in [-0.25, -0.2) is 0 Å². The van der Waals surface area contributed by atoms with E-state index in [4.69, 9.17) is 5.73 Å². The van der Waals surface area contributed by atoms with Crippen LogP contribution in [0.1, 0.15) is 31.2 Å². The van der Waals surface area contributed by atoms with Crippen molar-refractivity contribution in [1.29, 1.82) is 0 Å². The zero-order valence-electron chi connectivity index (χ0n) is 10.4. The van der Waals surface area contributed by atoms with Crippen LogP contribution in [0.3, 0.4) is 0 Å². The first-order valence-corrected chi connectivity index (χ1v) is 6.88. The number of nitrogens with two attached hydrogens (primary N) is 1. The Balaban J connectivity index is 1.45. The van der Waals surface area contributed by atoms with Gasteiger partial charge in [0.1, 0.15) is 0 Å². The summed E-state index contributed by atoms with van der Waals surface area (Å²) in [5.74, 6) is 3.05. The predicted molar refractivity (Wildman–Crippen MR) is 71.5 cm³/mol. The first kappa shape index (κ1) is 11.1. The highest BCUT2D eigenvalue weighted by Gasteiger charge is 2.40. The molecule has 1 aromatic carbocycles. The monoisotopic (exact) mass is 230 g/mol. The molecule has 3 rings (SSSR count). The average Bonchev–Trinajstić information content (AvgIpc) is 3.19. The Labute approximate surface area is 104 Å². The SMILES string of the molecule is Nc1ccc(CNCC(C2CC2)C2CC2)cc1. The number of rotatable bonds is 6. The predicted octanol–water partition coefficient (Wildman–Crippen LogP) is 2.79. The van der Waals surface area contributed by atoms with Gasteiger partial charge in [0.05, 0.1) is 0 Å². The second-order valence-electron chi connectivity index (χ2n) is 5.71. The van der Waals surface area contributed by atoms with E-state index in [2.05, 4.69) is 17.4 Å². The molecule has 2 nitrogen and oxygen atoms in total. The van der Waals surface area contributed by atoms with Crippen molar-refractivity contribution in [3.05, 3.63) is 29.8 Å². The third kappa shape index (κ3) is 3.01. The molecule has 0 heterocycles. The van der Waals surface area contributed by atoms with Gasteiger partial charge in [0, 0.05) is 12.2 Å². The quantitative estimate of drug-likeness (QED) is 0.737. The van der Waals surface area contributed by atoms with Crippen LogP contribution in [0, 0.1) is 17.8 Å². The summed E-state index contributed by atoms with van der Waals surface area (Å²) in [7, 11) is 0. The van der Waals surface area contributed by atoms with Crippen molar-refractivity contribution in [1.82, 2.24) is 5.32 Å². The summed E-state index contributed by atoms with van der Waals surface area (Å²) in [5, 5.41) is 3.62. The molecule has 0 aromatic heterocycles. The minimum Gasteiger partial charge on any atom is -0.399 e. The zero-order valence-corrected chi connectivity index (χ0v) is 10.4. The molecule has 0 atom stereocenters. The molecule has 0 spiro atoms. The number of anilines is 1. The molecule has 0 saturated heterocycles. The van der Waals surface area contributed by atoms with Crippen LogP contribution >= 0.6 is 0 Å². The Bertz CT molecular complexity index is 351. The molecule has 2 fully saturated rings. The second kappa shape index (κ2) is 4.69. The molecule has 2 aliphatic rings. The van der Waals surface area contributed by atoms with Crippen molar-refractivity contribution in [3.63, 3.8) is 0 Å². The maximum atomic E-state index is 5.68. The standard InChI is InChI=1S/C15H22N2/c16-14-7-1-11(2-8-14)9-17-10-15(12-3-4-12)13-5-6-13/h1-2,7-8,12-13,15,17H,3-6,9-10,16H2. The number of hydrogen-bond acceptors (Lipinski definition) is 2. The summed E-state index contributed by atoms with van der Waals surface area (Å²) in [6, 6.07) is 8.20. The van der Waals surface area contributed by atoms with E-state index in [1.165, 1.54) is 37.8 Å². The number of hydrogen-bond donors (Lipinski definition) is 2. The molecule has 92 valence electrons. The minimum absolute atomic E-state index is 0.850. The highest BCUT2D eigenvalue weighted by atomic mass is 14.9. The molecule has 1 aromatic rings. The smallest absolute Gasteiger partial charge is 0.0314 e. The van der Waals surface area contributed by atoms with E-state index in [0.29, 0.717) is 0 Å². The maximum Gasteiger partial charge on any atom is 0.0314 e. The zero-order chi connectivity index (χ0) is 11.7. The van der Waals surface area contributed by atoms with Crippen LogP contribution in [0.5, 0.6) is 0 Å². The summed E-state index contributed by atoms with van der Waals surface area (Å²) in [4.78, 5) is 0. The normalized spacial score (nSPS) is 19.8. The van der Waals surface area contributed by atoms with Gasteiger partial charge in [0.2, 0.25) is 0 Å².